The van der Waals surface area contributed by atoms with Crippen LogP contribution in [0.3, 0.4) is 0 Å². The van der Waals surface area contributed by atoms with Gasteiger partial charge >= 0.3 is 0 Å². The summed E-state index contributed by atoms with van der Waals surface area (Å²) in [6, 6.07) is 0. The van der Waals surface area contributed by atoms with E-state index in [4.69, 9.17) is 6.42 Å². The molecule has 0 unspecified atom stereocenters. The minimum atomic E-state index is 0.232. The summed E-state index contributed by atoms with van der Waals surface area (Å²) in [4.78, 5) is 14.1. The fraction of sp³-hybridized carbons (Fsp3) is 0.786. The Balaban J connectivity index is 2.50. The quantitative estimate of drug-likeness (QED) is 0.668. The maximum atomic E-state index is 12.2. The van der Waals surface area contributed by atoms with E-state index in [2.05, 4.69) is 19.8 Å². The van der Waals surface area contributed by atoms with Crippen LogP contribution in [0.4, 0.5) is 0 Å². The first kappa shape index (κ1) is 13.1. The zero-order valence-corrected chi connectivity index (χ0v) is 10.5. The van der Waals surface area contributed by atoms with E-state index >= 15 is 0 Å². The maximum Gasteiger partial charge on any atom is 0.226 e. The molecule has 0 atom stereocenters. The van der Waals surface area contributed by atoms with Crippen molar-refractivity contribution in [3.05, 3.63) is 0 Å². The van der Waals surface area contributed by atoms with Gasteiger partial charge in [-0.25, -0.2) is 0 Å². The highest BCUT2D eigenvalue weighted by molar-refractivity contribution is 5.79. The monoisotopic (exact) mass is 221 g/mol. The van der Waals surface area contributed by atoms with E-state index < -0.39 is 0 Å². The molecule has 0 radical (unpaired) electrons. The molecule has 1 amide bonds. The summed E-state index contributed by atoms with van der Waals surface area (Å²) in [5.74, 6) is 3.89. The van der Waals surface area contributed by atoms with Crippen molar-refractivity contribution < 1.29 is 4.79 Å². The Labute approximate surface area is 99.4 Å². The van der Waals surface area contributed by atoms with Gasteiger partial charge in [-0.2, -0.15) is 0 Å². The standard InChI is InChI=1S/C14H23NO/c1-4-10-15(11-5-2)14(16)13-8-6-12(3)7-9-13/h1,12-13H,5-11H2,2-3H3. The van der Waals surface area contributed by atoms with E-state index in [1.54, 1.807) is 0 Å². The predicted octanol–water partition coefficient (Wildman–Crippen LogP) is 2.68. The second-order valence-electron chi connectivity index (χ2n) is 4.92. The molecule has 1 fully saturated rings. The van der Waals surface area contributed by atoms with Crippen LogP contribution in [0.1, 0.15) is 46.0 Å². The Kier molecular flexibility index (Phi) is 5.38. The summed E-state index contributed by atoms with van der Waals surface area (Å²) >= 11 is 0. The molecular formula is C14H23NO. The van der Waals surface area contributed by atoms with Crippen molar-refractivity contribution in [1.82, 2.24) is 4.90 Å². The Morgan fingerprint density at radius 3 is 2.50 bits per heavy atom. The number of carbonyl (C=O) groups excluding carboxylic acids is 1. The summed E-state index contributed by atoms with van der Waals surface area (Å²) in [6.07, 6.45) is 10.8. The summed E-state index contributed by atoms with van der Waals surface area (Å²) in [7, 11) is 0. The molecule has 0 bridgehead atoms. The van der Waals surface area contributed by atoms with Gasteiger partial charge in [-0.15, -0.1) is 6.42 Å². The molecular weight excluding hydrogens is 198 g/mol. The molecule has 0 aromatic rings. The topological polar surface area (TPSA) is 20.3 Å². The number of nitrogens with zero attached hydrogens (tertiary/aromatic N) is 1. The van der Waals surface area contributed by atoms with Crippen LogP contribution in [0.15, 0.2) is 0 Å². The van der Waals surface area contributed by atoms with Gasteiger partial charge < -0.3 is 4.90 Å². The van der Waals surface area contributed by atoms with Gasteiger partial charge in [0, 0.05) is 12.5 Å². The molecule has 2 nitrogen and oxygen atoms in total. The Hall–Kier alpha value is -0.970. The number of amides is 1. The first-order chi connectivity index (χ1) is 7.69. The molecule has 0 N–H and O–H groups in total. The van der Waals surface area contributed by atoms with Crippen LogP contribution in [0.5, 0.6) is 0 Å². The first-order valence-corrected chi connectivity index (χ1v) is 6.41. The average Bonchev–Trinajstić information content (AvgIpc) is 2.29. The van der Waals surface area contributed by atoms with Gasteiger partial charge in [-0.3, -0.25) is 4.79 Å². The predicted molar refractivity (Wildman–Crippen MR) is 66.8 cm³/mol. The first-order valence-electron chi connectivity index (χ1n) is 6.41. The number of carbonyl (C=O) groups is 1. The highest BCUT2D eigenvalue weighted by Crippen LogP contribution is 2.29. The van der Waals surface area contributed by atoms with Crippen LogP contribution in [0, 0.1) is 24.2 Å². The molecule has 1 aliphatic rings. The van der Waals surface area contributed by atoms with E-state index in [0.29, 0.717) is 6.54 Å². The lowest BCUT2D eigenvalue weighted by Crippen LogP contribution is -2.38. The second kappa shape index (κ2) is 6.58. The van der Waals surface area contributed by atoms with E-state index in [0.717, 1.165) is 31.7 Å². The van der Waals surface area contributed by atoms with Crippen molar-refractivity contribution in [2.24, 2.45) is 11.8 Å². The van der Waals surface area contributed by atoms with Crippen molar-refractivity contribution >= 4 is 5.91 Å². The van der Waals surface area contributed by atoms with Crippen molar-refractivity contribution in [3.63, 3.8) is 0 Å². The minimum Gasteiger partial charge on any atom is -0.331 e. The molecule has 0 aliphatic heterocycles. The maximum absolute atomic E-state index is 12.2. The molecule has 1 aliphatic carbocycles. The van der Waals surface area contributed by atoms with Crippen LogP contribution in [-0.4, -0.2) is 23.9 Å². The number of rotatable bonds is 4. The van der Waals surface area contributed by atoms with Gasteiger partial charge in [0.05, 0.1) is 6.54 Å². The Morgan fingerprint density at radius 1 is 1.38 bits per heavy atom. The lowest BCUT2D eigenvalue weighted by molar-refractivity contribution is -0.136. The molecule has 0 saturated heterocycles. The second-order valence-corrected chi connectivity index (χ2v) is 4.92. The van der Waals surface area contributed by atoms with Crippen molar-refractivity contribution in [2.75, 3.05) is 13.1 Å². The van der Waals surface area contributed by atoms with Crippen molar-refractivity contribution in [3.8, 4) is 12.3 Å². The van der Waals surface area contributed by atoms with Crippen LogP contribution in [0.25, 0.3) is 0 Å². The molecule has 2 heteroatoms. The largest absolute Gasteiger partial charge is 0.331 e. The number of terminal acetylenes is 1. The fourth-order valence-corrected chi connectivity index (χ4v) is 2.41. The van der Waals surface area contributed by atoms with Crippen molar-refractivity contribution in [2.45, 2.75) is 46.0 Å². The summed E-state index contributed by atoms with van der Waals surface area (Å²) in [5.41, 5.74) is 0. The number of hydrogen-bond acceptors (Lipinski definition) is 1. The third-order valence-corrected chi connectivity index (χ3v) is 3.45. The molecule has 16 heavy (non-hydrogen) atoms. The zero-order chi connectivity index (χ0) is 12.0. The van der Waals surface area contributed by atoms with Gasteiger partial charge in [0.25, 0.3) is 0 Å². The van der Waals surface area contributed by atoms with Gasteiger partial charge in [0.2, 0.25) is 5.91 Å². The van der Waals surface area contributed by atoms with Crippen LogP contribution >= 0.6 is 0 Å². The van der Waals surface area contributed by atoms with E-state index in [-0.39, 0.29) is 11.8 Å². The molecule has 0 aromatic carbocycles. The smallest absolute Gasteiger partial charge is 0.226 e. The Bertz CT molecular complexity index is 258. The molecule has 0 heterocycles. The van der Waals surface area contributed by atoms with E-state index in [1.807, 2.05) is 4.90 Å². The molecule has 0 spiro atoms. The summed E-state index contributed by atoms with van der Waals surface area (Å²) in [6.45, 7) is 5.62. The number of hydrogen-bond donors (Lipinski definition) is 0. The molecule has 1 saturated carbocycles. The fourth-order valence-electron chi connectivity index (χ4n) is 2.41. The van der Waals surface area contributed by atoms with Gasteiger partial charge in [-0.1, -0.05) is 19.8 Å². The van der Waals surface area contributed by atoms with Gasteiger partial charge in [0.1, 0.15) is 0 Å². The Morgan fingerprint density at radius 2 is 2.00 bits per heavy atom. The van der Waals surface area contributed by atoms with Crippen LogP contribution in [0.2, 0.25) is 0 Å². The third kappa shape index (κ3) is 3.56. The highest BCUT2D eigenvalue weighted by Gasteiger charge is 2.27. The zero-order valence-electron chi connectivity index (χ0n) is 10.5. The average molecular weight is 221 g/mol. The van der Waals surface area contributed by atoms with E-state index in [1.165, 1.54) is 12.8 Å². The summed E-state index contributed by atoms with van der Waals surface area (Å²) in [5, 5.41) is 0. The SMILES string of the molecule is C#CCN(CCC)C(=O)C1CCC(C)CC1. The highest BCUT2D eigenvalue weighted by atomic mass is 16.2. The lowest BCUT2D eigenvalue weighted by atomic mass is 9.82. The van der Waals surface area contributed by atoms with Crippen LogP contribution in [-0.2, 0) is 4.79 Å². The van der Waals surface area contributed by atoms with Gasteiger partial charge in [-0.05, 0) is 38.0 Å². The lowest BCUT2D eigenvalue weighted by Gasteiger charge is -2.30. The normalized spacial score (nSPS) is 24.8. The molecule has 1 rings (SSSR count). The minimum absolute atomic E-state index is 0.232. The van der Waals surface area contributed by atoms with Gasteiger partial charge in [0.15, 0.2) is 0 Å². The summed E-state index contributed by atoms with van der Waals surface area (Å²) < 4.78 is 0. The molecule has 0 aromatic heterocycles. The van der Waals surface area contributed by atoms with Crippen LogP contribution < -0.4 is 0 Å². The molecule has 90 valence electrons. The van der Waals surface area contributed by atoms with Crippen molar-refractivity contribution in [1.29, 1.82) is 0 Å². The third-order valence-electron chi connectivity index (χ3n) is 3.45. The van der Waals surface area contributed by atoms with E-state index in [9.17, 15) is 4.79 Å².